The Morgan fingerprint density at radius 3 is 1.42 bits per heavy atom. The van der Waals surface area contributed by atoms with Gasteiger partial charge in [0, 0.05) is 20.9 Å². The molecule has 0 aromatic heterocycles. The highest BCUT2D eigenvalue weighted by Crippen LogP contribution is 2.47. The van der Waals surface area contributed by atoms with Crippen LogP contribution in [0.15, 0.2) is 82.6 Å². The summed E-state index contributed by atoms with van der Waals surface area (Å²) in [6.45, 7) is 0.508. The van der Waals surface area contributed by atoms with E-state index >= 15 is 0 Å². The van der Waals surface area contributed by atoms with Crippen LogP contribution >= 0.6 is 44.8 Å². The highest BCUT2D eigenvalue weighted by molar-refractivity contribution is 8.76. The number of hydrogen-bond donors (Lipinski definition) is 0. The normalized spacial score (nSPS) is 14.3. The molecule has 0 radical (unpaired) electrons. The molecular formula is C28H16Cl2F2N2O2S2. The van der Waals surface area contributed by atoms with Gasteiger partial charge in [-0.3, -0.25) is 9.59 Å². The Bertz CT molecular complexity index is 1530. The predicted octanol–water partition coefficient (Wildman–Crippen LogP) is 8.39. The number of benzene rings is 4. The fraction of sp³-hybridized carbons (Fsp3) is 0.0714. The minimum Gasteiger partial charge on any atom is -0.301 e. The summed E-state index contributed by atoms with van der Waals surface area (Å²) in [4.78, 5) is 29.6. The molecule has 0 aliphatic carbocycles. The summed E-state index contributed by atoms with van der Waals surface area (Å²) in [7, 11) is 2.39. The first-order chi connectivity index (χ1) is 18.3. The van der Waals surface area contributed by atoms with Gasteiger partial charge in [-0.2, -0.15) is 0 Å². The Kier molecular flexibility index (Phi) is 6.60. The molecule has 0 saturated carbocycles. The van der Waals surface area contributed by atoms with Crippen molar-refractivity contribution in [2.24, 2.45) is 0 Å². The van der Waals surface area contributed by atoms with Crippen molar-refractivity contribution in [2.75, 3.05) is 9.80 Å². The standard InChI is InChI=1S/C28H16Cl2F2N2O2S2/c29-19-9-21(31)23(33-13-15-5-1-3-7-17(15)27(33)35)11-25(19)37-38-26-12-24(22(32)10-20(26)30)34-14-16-6-2-4-8-18(16)28(34)36/h1-12H,13-14H2. The Morgan fingerprint density at radius 1 is 0.632 bits per heavy atom. The molecule has 190 valence electrons. The lowest BCUT2D eigenvalue weighted by Gasteiger charge is -2.19. The Morgan fingerprint density at radius 2 is 1.03 bits per heavy atom. The van der Waals surface area contributed by atoms with Gasteiger partial charge in [0.1, 0.15) is 11.6 Å². The average molecular weight is 585 g/mol. The molecule has 38 heavy (non-hydrogen) atoms. The number of anilines is 2. The van der Waals surface area contributed by atoms with Crippen LogP contribution in [0, 0.1) is 11.6 Å². The van der Waals surface area contributed by atoms with E-state index in [9.17, 15) is 18.4 Å². The highest BCUT2D eigenvalue weighted by Gasteiger charge is 2.32. The Hall–Kier alpha value is -3.04. The zero-order valence-electron chi connectivity index (χ0n) is 19.4. The molecule has 0 saturated heterocycles. The van der Waals surface area contributed by atoms with E-state index in [1.165, 1.54) is 55.7 Å². The SMILES string of the molecule is O=C1c2ccccc2CN1c1cc(SSc2cc(N3Cc4ccccc4C3=O)c(F)cc2Cl)c(Cl)cc1F. The molecule has 0 unspecified atom stereocenters. The van der Waals surface area contributed by atoms with Crippen LogP contribution in [0.5, 0.6) is 0 Å². The van der Waals surface area contributed by atoms with Gasteiger partial charge in [0.25, 0.3) is 11.8 Å². The number of amides is 2. The summed E-state index contributed by atoms with van der Waals surface area (Å²) >= 11 is 12.7. The number of halogens is 4. The number of nitrogens with zero attached hydrogens (tertiary/aromatic N) is 2. The third kappa shape index (κ3) is 4.35. The van der Waals surface area contributed by atoms with Gasteiger partial charge < -0.3 is 9.80 Å². The first-order valence-corrected chi connectivity index (χ1v) is 14.3. The van der Waals surface area contributed by atoms with Crippen molar-refractivity contribution in [3.63, 3.8) is 0 Å². The topological polar surface area (TPSA) is 40.6 Å². The fourth-order valence-electron chi connectivity index (χ4n) is 4.57. The summed E-state index contributed by atoms with van der Waals surface area (Å²) in [6, 6.07) is 19.7. The third-order valence-electron chi connectivity index (χ3n) is 6.45. The van der Waals surface area contributed by atoms with Crippen molar-refractivity contribution in [2.45, 2.75) is 22.9 Å². The molecule has 2 amide bonds. The minimum absolute atomic E-state index is 0.116. The zero-order chi connectivity index (χ0) is 26.6. The summed E-state index contributed by atoms with van der Waals surface area (Å²) < 4.78 is 29.9. The van der Waals surface area contributed by atoms with E-state index < -0.39 is 11.6 Å². The van der Waals surface area contributed by atoms with E-state index in [0.29, 0.717) is 20.9 Å². The van der Waals surface area contributed by atoms with Gasteiger partial charge in [0.05, 0.1) is 34.5 Å². The monoisotopic (exact) mass is 584 g/mol. The van der Waals surface area contributed by atoms with Gasteiger partial charge >= 0.3 is 0 Å². The molecule has 6 rings (SSSR count). The molecule has 0 N–H and O–H groups in total. The van der Waals surface area contributed by atoms with E-state index in [4.69, 9.17) is 23.2 Å². The predicted molar refractivity (Wildman–Crippen MR) is 148 cm³/mol. The van der Waals surface area contributed by atoms with Crippen molar-refractivity contribution >= 4 is 68.0 Å². The lowest BCUT2D eigenvalue weighted by molar-refractivity contribution is 0.0988. The van der Waals surface area contributed by atoms with Crippen LogP contribution in [0.1, 0.15) is 31.8 Å². The van der Waals surface area contributed by atoms with Crippen molar-refractivity contribution in [3.05, 3.63) is 117 Å². The van der Waals surface area contributed by atoms with Gasteiger partial charge in [0.2, 0.25) is 0 Å². The number of rotatable bonds is 5. The van der Waals surface area contributed by atoms with Crippen LogP contribution in [-0.2, 0) is 13.1 Å². The van der Waals surface area contributed by atoms with Crippen molar-refractivity contribution in [1.82, 2.24) is 0 Å². The number of hydrogen-bond acceptors (Lipinski definition) is 4. The third-order valence-corrected chi connectivity index (χ3v) is 9.74. The molecule has 4 aromatic rings. The van der Waals surface area contributed by atoms with E-state index in [1.54, 1.807) is 24.3 Å². The second-order valence-corrected chi connectivity index (χ2v) is 11.8. The molecule has 4 nitrogen and oxygen atoms in total. The average Bonchev–Trinajstić information content (AvgIpc) is 3.41. The molecule has 10 heteroatoms. The second kappa shape index (κ2) is 9.93. The Labute approximate surface area is 234 Å². The molecule has 4 aromatic carbocycles. The maximum atomic E-state index is 14.9. The first kappa shape index (κ1) is 25.2. The van der Waals surface area contributed by atoms with Gasteiger partial charge in [-0.05, 0) is 47.5 Å². The molecule has 0 spiro atoms. The van der Waals surface area contributed by atoms with Gasteiger partial charge in [-0.1, -0.05) is 81.2 Å². The summed E-state index contributed by atoms with van der Waals surface area (Å²) in [5.74, 6) is -1.79. The van der Waals surface area contributed by atoms with Crippen molar-refractivity contribution in [1.29, 1.82) is 0 Å². The minimum atomic E-state index is -0.611. The molecule has 0 fully saturated rings. The van der Waals surface area contributed by atoms with Crippen molar-refractivity contribution < 1.29 is 18.4 Å². The lowest BCUT2D eigenvalue weighted by Crippen LogP contribution is -2.24. The van der Waals surface area contributed by atoms with E-state index in [-0.39, 0.29) is 46.3 Å². The molecule has 2 aliphatic rings. The van der Waals surface area contributed by atoms with E-state index in [2.05, 4.69) is 0 Å². The lowest BCUT2D eigenvalue weighted by atomic mass is 10.1. The van der Waals surface area contributed by atoms with E-state index in [0.717, 1.165) is 11.1 Å². The molecule has 2 heterocycles. The van der Waals surface area contributed by atoms with Crippen LogP contribution in [-0.4, -0.2) is 11.8 Å². The zero-order valence-corrected chi connectivity index (χ0v) is 22.5. The van der Waals surface area contributed by atoms with Crippen LogP contribution in [0.4, 0.5) is 20.2 Å². The maximum Gasteiger partial charge on any atom is 0.259 e. The van der Waals surface area contributed by atoms with Gasteiger partial charge in [0.15, 0.2) is 0 Å². The smallest absolute Gasteiger partial charge is 0.259 e. The van der Waals surface area contributed by atoms with Gasteiger partial charge in [-0.25, -0.2) is 8.78 Å². The molecule has 2 aliphatic heterocycles. The number of fused-ring (bicyclic) bond motifs is 2. The fourth-order valence-corrected chi connectivity index (χ4v) is 7.51. The van der Waals surface area contributed by atoms with Crippen LogP contribution in [0.2, 0.25) is 10.0 Å². The van der Waals surface area contributed by atoms with E-state index in [1.807, 2.05) is 24.3 Å². The molecule has 0 bridgehead atoms. The highest BCUT2D eigenvalue weighted by atomic mass is 35.5. The Balaban J connectivity index is 1.27. The number of carbonyl (C=O) groups excluding carboxylic acids is 2. The maximum absolute atomic E-state index is 14.9. The van der Waals surface area contributed by atoms with Crippen molar-refractivity contribution in [3.8, 4) is 0 Å². The number of carbonyl (C=O) groups is 2. The first-order valence-electron chi connectivity index (χ1n) is 11.4. The quantitative estimate of drug-likeness (QED) is 0.221. The second-order valence-electron chi connectivity index (χ2n) is 8.73. The van der Waals surface area contributed by atoms with Crippen LogP contribution < -0.4 is 9.80 Å². The molecule has 0 atom stereocenters. The molecular weight excluding hydrogens is 569 g/mol. The van der Waals surface area contributed by atoms with Crippen LogP contribution in [0.25, 0.3) is 0 Å². The van der Waals surface area contributed by atoms with Crippen LogP contribution in [0.3, 0.4) is 0 Å². The van der Waals surface area contributed by atoms with Gasteiger partial charge in [-0.15, -0.1) is 0 Å². The summed E-state index contributed by atoms with van der Waals surface area (Å²) in [5, 5.41) is 0.327. The largest absolute Gasteiger partial charge is 0.301 e. The summed E-state index contributed by atoms with van der Waals surface area (Å²) in [6.07, 6.45) is 0. The summed E-state index contributed by atoms with van der Waals surface area (Å²) in [5.41, 5.74) is 2.94.